The maximum Gasteiger partial charge on any atom is 0.243 e. The first kappa shape index (κ1) is 16.1. The molecule has 0 unspecified atom stereocenters. The van der Waals surface area contributed by atoms with Crippen LogP contribution in [0.25, 0.3) is 0 Å². The van der Waals surface area contributed by atoms with Crippen molar-refractivity contribution in [1.29, 1.82) is 0 Å². The smallest absolute Gasteiger partial charge is 0.243 e. The first-order valence-corrected chi connectivity index (χ1v) is 8.13. The molecule has 0 spiro atoms. The van der Waals surface area contributed by atoms with Crippen LogP contribution < -0.4 is 5.73 Å². The number of unbranched alkanes of at least 4 members (excludes halogenated alkanes) is 2. The molecule has 108 valence electrons. The third-order valence-corrected chi connectivity index (χ3v) is 5.25. The Hall–Kier alpha value is -0.910. The van der Waals surface area contributed by atoms with Crippen LogP contribution in [0.3, 0.4) is 0 Å². The summed E-state index contributed by atoms with van der Waals surface area (Å²) in [6, 6.07) is 5.36. The predicted molar refractivity (Wildman–Crippen MR) is 78.4 cm³/mol. The minimum atomic E-state index is -3.40. The van der Waals surface area contributed by atoms with Crippen LogP contribution >= 0.6 is 0 Å². The predicted octanol–water partition coefficient (Wildman–Crippen LogP) is 2.26. The molecule has 4 nitrogen and oxygen atoms in total. The van der Waals surface area contributed by atoms with E-state index in [1.807, 2.05) is 19.1 Å². The molecule has 0 aliphatic carbocycles. The summed E-state index contributed by atoms with van der Waals surface area (Å²) in [7, 11) is -1.77. The second-order valence-electron chi connectivity index (χ2n) is 4.84. The monoisotopic (exact) mass is 284 g/mol. The molecule has 0 atom stereocenters. The number of aryl methyl sites for hydroxylation is 1. The topological polar surface area (TPSA) is 63.4 Å². The zero-order valence-electron chi connectivity index (χ0n) is 12.0. The Morgan fingerprint density at radius 2 is 1.95 bits per heavy atom. The summed E-state index contributed by atoms with van der Waals surface area (Å²) < 4.78 is 26.4. The lowest BCUT2D eigenvalue weighted by molar-refractivity contribution is 0.454. The van der Waals surface area contributed by atoms with Gasteiger partial charge in [0.2, 0.25) is 10.0 Å². The highest BCUT2D eigenvalue weighted by Crippen LogP contribution is 2.20. The van der Waals surface area contributed by atoms with Crippen LogP contribution in [0.2, 0.25) is 0 Å². The fourth-order valence-corrected chi connectivity index (χ4v) is 3.40. The normalized spacial score (nSPS) is 12.1. The van der Waals surface area contributed by atoms with E-state index in [1.165, 1.54) is 4.31 Å². The van der Waals surface area contributed by atoms with Crippen molar-refractivity contribution in [2.75, 3.05) is 13.6 Å². The number of nitrogens with two attached hydrogens (primary N) is 1. The second kappa shape index (κ2) is 7.03. The van der Waals surface area contributed by atoms with Crippen LogP contribution in [0.1, 0.15) is 37.3 Å². The fraction of sp³-hybridized carbons (Fsp3) is 0.571. The van der Waals surface area contributed by atoms with E-state index in [2.05, 4.69) is 6.92 Å². The van der Waals surface area contributed by atoms with Crippen molar-refractivity contribution < 1.29 is 8.42 Å². The zero-order chi connectivity index (χ0) is 14.5. The van der Waals surface area contributed by atoms with Gasteiger partial charge in [-0.15, -0.1) is 0 Å². The lowest BCUT2D eigenvalue weighted by Gasteiger charge is -2.19. The highest BCUT2D eigenvalue weighted by molar-refractivity contribution is 7.89. The molecule has 1 aromatic rings. The van der Waals surface area contributed by atoms with Crippen molar-refractivity contribution in [2.45, 2.75) is 44.6 Å². The van der Waals surface area contributed by atoms with Gasteiger partial charge < -0.3 is 5.73 Å². The standard InChI is InChI=1S/C14H24N2O2S/c1-4-5-6-9-16(3)19(17,18)14-10-13(11-15)8-7-12(14)2/h7-8,10H,4-6,9,11,15H2,1-3H3. The van der Waals surface area contributed by atoms with Crippen molar-refractivity contribution in [3.05, 3.63) is 29.3 Å². The Morgan fingerprint density at radius 1 is 1.26 bits per heavy atom. The van der Waals surface area contributed by atoms with Gasteiger partial charge in [-0.1, -0.05) is 31.9 Å². The molecular weight excluding hydrogens is 260 g/mol. The molecular formula is C14H24N2O2S. The number of hydrogen-bond donors (Lipinski definition) is 1. The van der Waals surface area contributed by atoms with Crippen molar-refractivity contribution >= 4 is 10.0 Å². The lowest BCUT2D eigenvalue weighted by atomic mass is 10.1. The molecule has 0 aliphatic rings. The maximum absolute atomic E-state index is 12.5. The van der Waals surface area contributed by atoms with Crippen molar-refractivity contribution in [3.8, 4) is 0 Å². The van der Waals surface area contributed by atoms with Crippen LogP contribution in [-0.4, -0.2) is 26.3 Å². The highest BCUT2D eigenvalue weighted by atomic mass is 32.2. The van der Waals surface area contributed by atoms with Crippen molar-refractivity contribution in [2.24, 2.45) is 5.73 Å². The molecule has 0 amide bonds. The number of benzene rings is 1. The minimum Gasteiger partial charge on any atom is -0.326 e. The third-order valence-electron chi connectivity index (χ3n) is 3.25. The Kier molecular flexibility index (Phi) is 5.97. The Balaban J connectivity index is 2.99. The number of hydrogen-bond acceptors (Lipinski definition) is 3. The van der Waals surface area contributed by atoms with Crippen molar-refractivity contribution in [3.63, 3.8) is 0 Å². The molecule has 0 aliphatic heterocycles. The van der Waals surface area contributed by atoms with E-state index >= 15 is 0 Å². The first-order valence-electron chi connectivity index (χ1n) is 6.69. The number of sulfonamides is 1. The summed E-state index contributed by atoms with van der Waals surface area (Å²) in [5.74, 6) is 0. The molecule has 19 heavy (non-hydrogen) atoms. The Morgan fingerprint density at radius 3 is 2.53 bits per heavy atom. The quantitative estimate of drug-likeness (QED) is 0.781. The highest BCUT2D eigenvalue weighted by Gasteiger charge is 2.22. The third kappa shape index (κ3) is 4.03. The van der Waals surface area contributed by atoms with Crippen LogP contribution in [0.15, 0.2) is 23.1 Å². The minimum absolute atomic E-state index is 0.350. The summed E-state index contributed by atoms with van der Waals surface area (Å²) in [5, 5.41) is 0. The zero-order valence-corrected chi connectivity index (χ0v) is 12.8. The molecule has 0 fully saturated rings. The second-order valence-corrected chi connectivity index (χ2v) is 6.85. The molecule has 0 bridgehead atoms. The maximum atomic E-state index is 12.5. The molecule has 5 heteroatoms. The van der Waals surface area contributed by atoms with Crippen LogP contribution in [0.4, 0.5) is 0 Å². The van der Waals surface area contributed by atoms with Gasteiger partial charge in [-0.25, -0.2) is 12.7 Å². The van der Waals surface area contributed by atoms with Gasteiger partial charge in [-0.05, 0) is 30.5 Å². The summed E-state index contributed by atoms with van der Waals surface area (Å²) in [4.78, 5) is 0.370. The van der Waals surface area contributed by atoms with Gasteiger partial charge >= 0.3 is 0 Å². The van der Waals surface area contributed by atoms with E-state index < -0.39 is 10.0 Å². The van der Waals surface area contributed by atoms with Gasteiger partial charge in [0.1, 0.15) is 0 Å². The van der Waals surface area contributed by atoms with Crippen LogP contribution in [0, 0.1) is 6.92 Å². The number of rotatable bonds is 7. The van der Waals surface area contributed by atoms with E-state index in [4.69, 9.17) is 5.73 Å². The lowest BCUT2D eigenvalue weighted by Crippen LogP contribution is -2.28. The molecule has 0 aromatic heterocycles. The van der Waals surface area contributed by atoms with Crippen molar-refractivity contribution in [1.82, 2.24) is 4.31 Å². The van der Waals surface area contributed by atoms with Gasteiger partial charge in [0.25, 0.3) is 0 Å². The molecule has 1 rings (SSSR count). The van der Waals surface area contributed by atoms with Gasteiger partial charge in [0.05, 0.1) is 4.90 Å². The van der Waals surface area contributed by atoms with Gasteiger partial charge in [0, 0.05) is 20.1 Å². The van der Waals surface area contributed by atoms with Crippen LogP contribution in [0.5, 0.6) is 0 Å². The van der Waals surface area contributed by atoms with E-state index in [-0.39, 0.29) is 0 Å². The van der Waals surface area contributed by atoms with Gasteiger partial charge in [-0.3, -0.25) is 0 Å². The van der Waals surface area contributed by atoms with Gasteiger partial charge in [-0.2, -0.15) is 0 Å². The molecule has 2 N–H and O–H groups in total. The summed E-state index contributed by atoms with van der Waals surface area (Å²) >= 11 is 0. The molecule has 0 heterocycles. The van der Waals surface area contributed by atoms with E-state index in [0.29, 0.717) is 18.0 Å². The van der Waals surface area contributed by atoms with E-state index in [1.54, 1.807) is 13.1 Å². The average Bonchev–Trinajstić information content (AvgIpc) is 2.39. The fourth-order valence-electron chi connectivity index (χ4n) is 1.92. The summed E-state index contributed by atoms with van der Waals surface area (Å²) in [6.45, 7) is 4.82. The molecule has 0 saturated heterocycles. The largest absolute Gasteiger partial charge is 0.326 e. The SMILES string of the molecule is CCCCCN(C)S(=O)(=O)c1cc(CN)ccc1C. The van der Waals surface area contributed by atoms with E-state index in [9.17, 15) is 8.42 Å². The van der Waals surface area contributed by atoms with Crippen LogP contribution in [-0.2, 0) is 16.6 Å². The summed E-state index contributed by atoms with van der Waals surface area (Å²) in [6.07, 6.45) is 3.01. The van der Waals surface area contributed by atoms with Gasteiger partial charge in [0.15, 0.2) is 0 Å². The Labute approximate surface area is 116 Å². The Bertz CT molecular complexity index is 512. The number of nitrogens with zero attached hydrogens (tertiary/aromatic N) is 1. The van der Waals surface area contributed by atoms with E-state index in [0.717, 1.165) is 30.4 Å². The summed E-state index contributed by atoms with van der Waals surface area (Å²) in [5.41, 5.74) is 7.18. The average molecular weight is 284 g/mol. The molecule has 0 radical (unpaired) electrons. The molecule has 1 aromatic carbocycles. The molecule has 0 saturated carbocycles. The first-order chi connectivity index (χ1) is 8.93.